The molecule has 0 aliphatic carbocycles. The monoisotopic (exact) mass is 320 g/mol. The number of benzene rings is 1. The highest BCUT2D eigenvalue weighted by Gasteiger charge is 2.19. The third-order valence-electron chi connectivity index (χ3n) is 2.88. The van der Waals surface area contributed by atoms with Crippen LogP contribution in [0.2, 0.25) is 0 Å². The van der Waals surface area contributed by atoms with Gasteiger partial charge in [0.05, 0.1) is 21.4 Å². The predicted molar refractivity (Wildman–Crippen MR) is 84.2 cm³/mol. The summed E-state index contributed by atoms with van der Waals surface area (Å²) in [6.07, 6.45) is 1.54. The van der Waals surface area contributed by atoms with Gasteiger partial charge in [-0.2, -0.15) is 0 Å². The van der Waals surface area contributed by atoms with Crippen LogP contribution in [-0.2, 0) is 10.0 Å². The number of fused-ring (bicyclic) bond motifs is 1. The Kier molecular flexibility index (Phi) is 3.48. The molecule has 0 saturated carbocycles. The van der Waals surface area contributed by atoms with Gasteiger partial charge in [-0.3, -0.25) is 4.72 Å². The molecule has 21 heavy (non-hydrogen) atoms. The van der Waals surface area contributed by atoms with E-state index in [4.69, 9.17) is 0 Å². The van der Waals surface area contributed by atoms with Crippen LogP contribution in [0.4, 0.5) is 11.5 Å². The number of rotatable bonds is 4. The van der Waals surface area contributed by atoms with E-state index in [1.54, 1.807) is 36.8 Å². The van der Waals surface area contributed by atoms with E-state index in [-0.39, 0.29) is 4.90 Å². The van der Waals surface area contributed by atoms with Gasteiger partial charge >= 0.3 is 0 Å². The van der Waals surface area contributed by atoms with Crippen molar-refractivity contribution in [2.24, 2.45) is 0 Å². The molecule has 0 amide bonds. The van der Waals surface area contributed by atoms with Crippen LogP contribution in [0.1, 0.15) is 0 Å². The van der Waals surface area contributed by atoms with Gasteiger partial charge < -0.3 is 5.32 Å². The molecule has 0 spiro atoms. The molecular formula is C13H12N4O2S2. The number of thiazole rings is 1. The highest BCUT2D eigenvalue weighted by Crippen LogP contribution is 2.25. The van der Waals surface area contributed by atoms with Crippen LogP contribution in [0.15, 0.2) is 46.9 Å². The summed E-state index contributed by atoms with van der Waals surface area (Å²) in [6.45, 7) is 0. The molecule has 0 aliphatic rings. The summed E-state index contributed by atoms with van der Waals surface area (Å²) in [5.41, 5.74) is 3.07. The third kappa shape index (κ3) is 2.67. The van der Waals surface area contributed by atoms with Gasteiger partial charge in [0.25, 0.3) is 10.0 Å². The molecule has 8 heteroatoms. The zero-order chi connectivity index (χ0) is 14.9. The molecule has 3 aromatic rings. The molecule has 0 bridgehead atoms. The molecule has 2 heterocycles. The zero-order valence-electron chi connectivity index (χ0n) is 11.1. The normalized spacial score (nSPS) is 11.5. The molecule has 6 nitrogen and oxygen atoms in total. The summed E-state index contributed by atoms with van der Waals surface area (Å²) in [7, 11) is -2.07. The second kappa shape index (κ2) is 5.30. The summed E-state index contributed by atoms with van der Waals surface area (Å²) in [5.74, 6) is 0.309. The fourth-order valence-electron chi connectivity index (χ4n) is 1.92. The molecule has 0 radical (unpaired) electrons. The average molecular weight is 320 g/mol. The maximum absolute atomic E-state index is 12.5. The largest absolute Gasteiger partial charge is 0.372 e. The minimum absolute atomic E-state index is 0.108. The first-order chi connectivity index (χ1) is 10.1. The lowest BCUT2D eigenvalue weighted by molar-refractivity contribution is 0.601. The van der Waals surface area contributed by atoms with E-state index >= 15 is 0 Å². The first-order valence-corrected chi connectivity index (χ1v) is 8.45. The Morgan fingerprint density at radius 3 is 2.86 bits per heavy atom. The number of hydrogen-bond donors (Lipinski definition) is 2. The molecule has 3 rings (SSSR count). The van der Waals surface area contributed by atoms with Crippen LogP contribution in [0.25, 0.3) is 10.2 Å². The van der Waals surface area contributed by atoms with E-state index in [1.165, 1.54) is 23.6 Å². The highest BCUT2D eigenvalue weighted by atomic mass is 32.2. The van der Waals surface area contributed by atoms with Gasteiger partial charge in [0.1, 0.15) is 10.7 Å². The Hall–Kier alpha value is -2.19. The van der Waals surface area contributed by atoms with Crippen molar-refractivity contribution in [1.82, 2.24) is 9.97 Å². The number of hydrogen-bond acceptors (Lipinski definition) is 6. The van der Waals surface area contributed by atoms with Gasteiger partial charge in [0.15, 0.2) is 0 Å². The maximum Gasteiger partial charge on any atom is 0.265 e. The molecule has 2 N–H and O–H groups in total. The molecular weight excluding hydrogens is 308 g/mol. The maximum atomic E-state index is 12.5. The number of aromatic nitrogens is 2. The molecule has 0 unspecified atom stereocenters. The fraction of sp³-hybridized carbons (Fsp3) is 0.0769. The van der Waals surface area contributed by atoms with E-state index in [9.17, 15) is 8.42 Å². The lowest BCUT2D eigenvalue weighted by atomic mass is 10.3. The number of sulfonamides is 1. The van der Waals surface area contributed by atoms with Gasteiger partial charge in [-0.1, -0.05) is 0 Å². The van der Waals surface area contributed by atoms with Crippen LogP contribution in [0, 0.1) is 0 Å². The van der Waals surface area contributed by atoms with Gasteiger partial charge in [-0.05, 0) is 30.3 Å². The average Bonchev–Trinajstić information content (AvgIpc) is 2.94. The summed E-state index contributed by atoms with van der Waals surface area (Å²) >= 11 is 1.46. The Morgan fingerprint density at radius 1 is 1.19 bits per heavy atom. The van der Waals surface area contributed by atoms with Crippen LogP contribution in [0.5, 0.6) is 0 Å². The van der Waals surface area contributed by atoms with E-state index in [1.807, 2.05) is 0 Å². The first-order valence-electron chi connectivity index (χ1n) is 6.09. The molecule has 108 valence electrons. The summed E-state index contributed by atoms with van der Waals surface area (Å²) < 4.78 is 28.4. The topological polar surface area (TPSA) is 84.0 Å². The third-order valence-corrected chi connectivity index (χ3v) is 5.09. The molecule has 1 aromatic carbocycles. The smallest absolute Gasteiger partial charge is 0.265 e. The van der Waals surface area contributed by atoms with Crippen molar-refractivity contribution >= 4 is 43.1 Å². The lowest BCUT2D eigenvalue weighted by Crippen LogP contribution is -2.15. The van der Waals surface area contributed by atoms with Gasteiger partial charge in [-0.25, -0.2) is 18.4 Å². The van der Waals surface area contributed by atoms with Gasteiger partial charge in [-0.15, -0.1) is 11.3 Å². The van der Waals surface area contributed by atoms with Gasteiger partial charge in [0.2, 0.25) is 0 Å². The molecule has 2 aromatic heterocycles. The van der Waals surface area contributed by atoms with E-state index < -0.39 is 10.0 Å². The first kappa shape index (κ1) is 13.8. The summed E-state index contributed by atoms with van der Waals surface area (Å²) in [6, 6.07) is 8.33. The molecule has 0 saturated heterocycles. The lowest BCUT2D eigenvalue weighted by Gasteiger charge is -2.11. The summed E-state index contributed by atoms with van der Waals surface area (Å²) in [5, 5.41) is 2.77. The Labute approximate surface area is 125 Å². The highest BCUT2D eigenvalue weighted by molar-refractivity contribution is 7.92. The minimum atomic E-state index is -3.70. The number of nitrogens with one attached hydrogen (secondary N) is 2. The minimum Gasteiger partial charge on any atom is -0.372 e. The van der Waals surface area contributed by atoms with Crippen molar-refractivity contribution in [2.45, 2.75) is 4.90 Å². The van der Waals surface area contributed by atoms with Crippen molar-refractivity contribution in [2.75, 3.05) is 17.1 Å². The molecule has 0 fully saturated rings. The van der Waals surface area contributed by atoms with Crippen molar-refractivity contribution in [3.05, 3.63) is 42.0 Å². The van der Waals surface area contributed by atoms with Crippen LogP contribution < -0.4 is 10.0 Å². The second-order valence-electron chi connectivity index (χ2n) is 4.24. The van der Waals surface area contributed by atoms with Crippen molar-refractivity contribution < 1.29 is 8.42 Å². The fourth-order valence-corrected chi connectivity index (χ4v) is 3.85. The van der Waals surface area contributed by atoms with Crippen molar-refractivity contribution in [1.29, 1.82) is 0 Å². The van der Waals surface area contributed by atoms with Crippen molar-refractivity contribution in [3.8, 4) is 0 Å². The predicted octanol–water partition coefficient (Wildman–Crippen LogP) is 2.53. The van der Waals surface area contributed by atoms with Crippen LogP contribution in [0.3, 0.4) is 0 Å². The standard InChI is InChI=1S/C13H12N4O2S2/c1-14-13-12(3-2-6-15-13)21(18,19)17-9-4-5-10-11(7-9)20-8-16-10/h2-8,17H,1H3,(H,14,15). The number of pyridine rings is 1. The van der Waals surface area contributed by atoms with Crippen LogP contribution in [-0.4, -0.2) is 25.4 Å². The molecule has 0 aliphatic heterocycles. The Balaban J connectivity index is 1.98. The van der Waals surface area contributed by atoms with E-state index in [0.29, 0.717) is 11.5 Å². The van der Waals surface area contributed by atoms with Gasteiger partial charge in [0, 0.05) is 13.2 Å². The van der Waals surface area contributed by atoms with E-state index in [0.717, 1.165) is 10.2 Å². The quantitative estimate of drug-likeness (QED) is 0.772. The SMILES string of the molecule is CNc1ncccc1S(=O)(=O)Nc1ccc2ncsc2c1. The Bertz CT molecular complexity index is 890. The number of nitrogens with zero attached hydrogens (tertiary/aromatic N) is 2. The summed E-state index contributed by atoms with van der Waals surface area (Å²) in [4.78, 5) is 8.28. The van der Waals surface area contributed by atoms with Crippen molar-refractivity contribution in [3.63, 3.8) is 0 Å². The van der Waals surface area contributed by atoms with Crippen LogP contribution >= 0.6 is 11.3 Å². The number of anilines is 2. The Morgan fingerprint density at radius 2 is 2.05 bits per heavy atom. The van der Waals surface area contributed by atoms with E-state index in [2.05, 4.69) is 20.0 Å². The molecule has 0 atom stereocenters. The zero-order valence-corrected chi connectivity index (χ0v) is 12.7. The second-order valence-corrected chi connectivity index (χ2v) is 6.78.